The highest BCUT2D eigenvalue weighted by Crippen LogP contribution is 2.59. The zero-order chi connectivity index (χ0) is 26.0. The zero-order valence-electron chi connectivity index (χ0n) is 21.0. The predicted molar refractivity (Wildman–Crippen MR) is 162 cm³/mol. The van der Waals surface area contributed by atoms with Gasteiger partial charge in [0.2, 0.25) is 0 Å². The van der Waals surface area contributed by atoms with E-state index in [2.05, 4.69) is 140 Å². The fourth-order valence-corrected chi connectivity index (χ4v) is 6.02. The van der Waals surface area contributed by atoms with E-state index in [1.54, 1.807) is 0 Å². The van der Waals surface area contributed by atoms with Crippen molar-refractivity contribution in [2.75, 3.05) is 0 Å². The smallest absolute Gasteiger partial charge is 0.0719 e. The maximum atomic E-state index is 6.75. The summed E-state index contributed by atoms with van der Waals surface area (Å²) in [6.07, 6.45) is 4.25. The maximum absolute atomic E-state index is 6.75. The molecule has 5 aromatic rings. The molecule has 0 spiro atoms. The second kappa shape index (κ2) is 10.2. The van der Waals surface area contributed by atoms with Gasteiger partial charge in [0.1, 0.15) is 0 Å². The molecule has 1 aliphatic carbocycles. The summed E-state index contributed by atoms with van der Waals surface area (Å²) < 4.78 is 0. The molecule has 0 radical (unpaired) electrons. The van der Waals surface area contributed by atoms with Crippen LogP contribution in [0.4, 0.5) is 0 Å². The van der Waals surface area contributed by atoms with Crippen molar-refractivity contribution in [3.8, 4) is 0 Å². The minimum Gasteiger partial charge on any atom is -0.0984 e. The number of fused-ring (bicyclic) bond motifs is 1. The first-order valence-corrected chi connectivity index (χ1v) is 13.2. The van der Waals surface area contributed by atoms with Crippen LogP contribution in [0.1, 0.15) is 33.4 Å². The van der Waals surface area contributed by atoms with Gasteiger partial charge in [-0.2, -0.15) is 0 Å². The number of benzene rings is 5. The highest BCUT2D eigenvalue weighted by molar-refractivity contribution is 6.31. The van der Waals surface area contributed by atoms with Crippen molar-refractivity contribution in [3.05, 3.63) is 197 Å². The normalized spacial score (nSPS) is 14.3. The molecule has 0 nitrogen and oxygen atoms in total. The molecule has 0 bridgehead atoms. The van der Waals surface area contributed by atoms with Gasteiger partial charge >= 0.3 is 0 Å². The molecule has 0 heterocycles. The van der Waals surface area contributed by atoms with Gasteiger partial charge in [0.15, 0.2) is 0 Å². The summed E-state index contributed by atoms with van der Waals surface area (Å²) in [6, 6.07) is 49.1. The molecule has 5 aromatic carbocycles. The molecular weight excluding hydrogens is 480 g/mol. The third-order valence-electron chi connectivity index (χ3n) is 7.42. The third kappa shape index (κ3) is 3.95. The van der Waals surface area contributed by atoms with Gasteiger partial charge in [-0.1, -0.05) is 152 Å². The van der Waals surface area contributed by atoms with E-state index >= 15 is 0 Å². The van der Waals surface area contributed by atoms with Crippen LogP contribution in [-0.4, -0.2) is 0 Å². The van der Waals surface area contributed by atoms with Gasteiger partial charge in [0.25, 0.3) is 0 Å². The Hall–Kier alpha value is -4.39. The zero-order valence-corrected chi connectivity index (χ0v) is 21.8. The van der Waals surface area contributed by atoms with Crippen molar-refractivity contribution in [1.82, 2.24) is 0 Å². The molecule has 0 fully saturated rings. The van der Waals surface area contributed by atoms with Gasteiger partial charge in [-0.3, -0.25) is 0 Å². The first kappa shape index (κ1) is 24.0. The molecule has 1 aliphatic rings. The molecule has 0 N–H and O–H groups in total. The molecule has 0 unspecified atom stereocenters. The summed E-state index contributed by atoms with van der Waals surface area (Å²) >= 11 is 6.75. The largest absolute Gasteiger partial charge is 0.0984 e. The van der Waals surface area contributed by atoms with Crippen LogP contribution in [0.25, 0.3) is 16.7 Å². The van der Waals surface area contributed by atoms with E-state index in [1.165, 1.54) is 39.0 Å². The lowest BCUT2D eigenvalue weighted by molar-refractivity contribution is 0.814. The van der Waals surface area contributed by atoms with Crippen molar-refractivity contribution in [1.29, 1.82) is 0 Å². The standard InChI is InChI=1S/C37H27Cl/c1-2-27(28-15-7-3-8-16-28)25-34-33-24-23-32(38)26-35(33)37(30-19-11-5-12-20-30,31-21-13-6-14-22-31)36(34)29-17-9-4-10-18-29/h2-26H,1H2/b27-25+. The van der Waals surface area contributed by atoms with Gasteiger partial charge in [-0.15, -0.1) is 0 Å². The van der Waals surface area contributed by atoms with E-state index in [1.807, 2.05) is 18.2 Å². The summed E-state index contributed by atoms with van der Waals surface area (Å²) in [7, 11) is 0. The Bertz CT molecular complexity index is 1600. The van der Waals surface area contributed by atoms with Gasteiger partial charge in [0, 0.05) is 5.02 Å². The topological polar surface area (TPSA) is 0 Å². The van der Waals surface area contributed by atoms with E-state index in [0.29, 0.717) is 0 Å². The molecule has 0 saturated heterocycles. The van der Waals surface area contributed by atoms with E-state index < -0.39 is 5.41 Å². The molecule has 6 rings (SSSR count). The predicted octanol–water partition coefficient (Wildman–Crippen LogP) is 9.87. The Balaban J connectivity index is 1.81. The maximum Gasteiger partial charge on any atom is 0.0719 e. The molecule has 0 aromatic heterocycles. The minimum atomic E-state index is -0.557. The summed E-state index contributed by atoms with van der Waals surface area (Å²) in [6.45, 7) is 4.19. The average molecular weight is 507 g/mol. The van der Waals surface area contributed by atoms with Crippen LogP contribution in [0.15, 0.2) is 158 Å². The number of rotatable bonds is 6. The quantitative estimate of drug-likeness (QED) is 0.201. The van der Waals surface area contributed by atoms with E-state index in [-0.39, 0.29) is 0 Å². The fourth-order valence-electron chi connectivity index (χ4n) is 5.85. The summed E-state index contributed by atoms with van der Waals surface area (Å²) in [5.41, 5.74) is 10.0. The second-order valence-corrected chi connectivity index (χ2v) is 9.93. The average Bonchev–Trinajstić information content (AvgIpc) is 3.27. The van der Waals surface area contributed by atoms with Crippen LogP contribution in [-0.2, 0) is 5.41 Å². The number of hydrogen-bond acceptors (Lipinski definition) is 0. The van der Waals surface area contributed by atoms with Crippen LogP contribution in [0.3, 0.4) is 0 Å². The molecule has 0 aliphatic heterocycles. The van der Waals surface area contributed by atoms with E-state index in [0.717, 1.165) is 16.2 Å². The van der Waals surface area contributed by atoms with Crippen LogP contribution in [0.2, 0.25) is 5.02 Å². The van der Waals surface area contributed by atoms with Gasteiger partial charge in [0.05, 0.1) is 5.41 Å². The van der Waals surface area contributed by atoms with Gasteiger partial charge < -0.3 is 0 Å². The highest BCUT2D eigenvalue weighted by Gasteiger charge is 2.48. The number of hydrogen-bond donors (Lipinski definition) is 0. The lowest BCUT2D eigenvalue weighted by Gasteiger charge is -2.36. The van der Waals surface area contributed by atoms with E-state index in [4.69, 9.17) is 11.6 Å². The first-order valence-electron chi connectivity index (χ1n) is 12.8. The Kier molecular flexibility index (Phi) is 6.42. The second-order valence-electron chi connectivity index (χ2n) is 9.50. The molecule has 0 atom stereocenters. The van der Waals surface area contributed by atoms with Gasteiger partial charge in [-0.05, 0) is 68.3 Å². The molecule has 1 heteroatoms. The van der Waals surface area contributed by atoms with Crippen molar-refractivity contribution < 1.29 is 0 Å². The van der Waals surface area contributed by atoms with Crippen LogP contribution < -0.4 is 0 Å². The number of allylic oxidation sites excluding steroid dienone is 5. The Morgan fingerprint density at radius 3 is 1.71 bits per heavy atom. The Morgan fingerprint density at radius 2 is 1.16 bits per heavy atom. The fraction of sp³-hybridized carbons (Fsp3) is 0.0270. The van der Waals surface area contributed by atoms with Crippen LogP contribution >= 0.6 is 11.6 Å². The number of halogens is 1. The molecule has 0 saturated carbocycles. The van der Waals surface area contributed by atoms with E-state index in [9.17, 15) is 0 Å². The minimum absolute atomic E-state index is 0.557. The van der Waals surface area contributed by atoms with Crippen molar-refractivity contribution in [2.24, 2.45) is 0 Å². The molecular formula is C37H27Cl. The summed E-state index contributed by atoms with van der Waals surface area (Å²) in [5, 5.41) is 0.727. The molecule has 0 amide bonds. The Morgan fingerprint density at radius 1 is 0.632 bits per heavy atom. The Labute approximate surface area is 229 Å². The monoisotopic (exact) mass is 506 g/mol. The lowest BCUT2D eigenvalue weighted by Crippen LogP contribution is -2.29. The summed E-state index contributed by atoms with van der Waals surface area (Å²) in [5.74, 6) is 0. The van der Waals surface area contributed by atoms with Gasteiger partial charge in [-0.25, -0.2) is 0 Å². The van der Waals surface area contributed by atoms with Crippen molar-refractivity contribution >= 4 is 28.3 Å². The van der Waals surface area contributed by atoms with Crippen LogP contribution in [0.5, 0.6) is 0 Å². The third-order valence-corrected chi connectivity index (χ3v) is 7.66. The molecule has 38 heavy (non-hydrogen) atoms. The van der Waals surface area contributed by atoms with Crippen LogP contribution in [0, 0.1) is 0 Å². The first-order chi connectivity index (χ1) is 18.7. The SMILES string of the molecule is C=C/C(=C\C1=C(c2ccccc2)C(c2ccccc2)(c2ccccc2)c2cc(Cl)ccc21)c1ccccc1. The molecule has 182 valence electrons. The lowest BCUT2D eigenvalue weighted by atomic mass is 9.65. The highest BCUT2D eigenvalue weighted by atomic mass is 35.5. The van der Waals surface area contributed by atoms with Crippen molar-refractivity contribution in [3.63, 3.8) is 0 Å². The van der Waals surface area contributed by atoms with Crippen molar-refractivity contribution in [2.45, 2.75) is 5.41 Å². The summed E-state index contributed by atoms with van der Waals surface area (Å²) in [4.78, 5) is 0.